The van der Waals surface area contributed by atoms with E-state index in [9.17, 15) is 18.0 Å². The summed E-state index contributed by atoms with van der Waals surface area (Å²) < 4.78 is 41.6. The second-order valence-corrected chi connectivity index (χ2v) is 5.87. The standard InChI is InChI=1S/C19H17F3N4O/c20-19(21,22)17-16(14-4-2-1-3-5-14)18(23)26(25-17)15-8-6-13(7-9-15)10-11-24-12-27/h1-9,12H,10-11,23H2,(H,24,27). The molecule has 5 nitrogen and oxygen atoms in total. The molecule has 0 aliphatic heterocycles. The molecule has 27 heavy (non-hydrogen) atoms. The van der Waals surface area contributed by atoms with Gasteiger partial charge in [-0.15, -0.1) is 0 Å². The van der Waals surface area contributed by atoms with Gasteiger partial charge in [0.05, 0.1) is 11.3 Å². The average molecular weight is 374 g/mol. The van der Waals surface area contributed by atoms with Crippen molar-refractivity contribution in [1.82, 2.24) is 15.1 Å². The van der Waals surface area contributed by atoms with E-state index >= 15 is 0 Å². The van der Waals surface area contributed by atoms with Gasteiger partial charge in [-0.05, 0) is 29.7 Å². The number of alkyl halides is 3. The van der Waals surface area contributed by atoms with Gasteiger partial charge in [0.15, 0.2) is 5.69 Å². The summed E-state index contributed by atoms with van der Waals surface area (Å²) in [4.78, 5) is 10.3. The third kappa shape index (κ3) is 3.94. The number of anilines is 1. The molecule has 0 aliphatic carbocycles. The van der Waals surface area contributed by atoms with Gasteiger partial charge in [0.25, 0.3) is 0 Å². The van der Waals surface area contributed by atoms with Gasteiger partial charge in [-0.1, -0.05) is 42.5 Å². The van der Waals surface area contributed by atoms with Gasteiger partial charge < -0.3 is 11.1 Å². The number of carbonyl (C=O) groups excluding carboxylic acids is 1. The number of rotatable bonds is 6. The lowest BCUT2D eigenvalue weighted by Gasteiger charge is -2.07. The van der Waals surface area contributed by atoms with Gasteiger partial charge in [0, 0.05) is 6.54 Å². The lowest BCUT2D eigenvalue weighted by molar-refractivity contribution is -0.140. The molecule has 0 saturated heterocycles. The number of nitrogen functional groups attached to an aromatic ring is 1. The molecule has 1 heterocycles. The second kappa shape index (κ2) is 7.53. The minimum atomic E-state index is -4.63. The van der Waals surface area contributed by atoms with Crippen molar-refractivity contribution in [3.05, 3.63) is 65.9 Å². The number of carbonyl (C=O) groups is 1. The van der Waals surface area contributed by atoms with Gasteiger partial charge in [-0.2, -0.15) is 18.3 Å². The van der Waals surface area contributed by atoms with Crippen LogP contribution in [0.15, 0.2) is 54.6 Å². The van der Waals surface area contributed by atoms with Gasteiger partial charge in [0.2, 0.25) is 6.41 Å². The molecule has 3 aromatic rings. The number of hydrogen-bond acceptors (Lipinski definition) is 3. The first kappa shape index (κ1) is 18.5. The lowest BCUT2D eigenvalue weighted by Crippen LogP contribution is -2.14. The first-order chi connectivity index (χ1) is 12.9. The van der Waals surface area contributed by atoms with Crippen LogP contribution in [0.1, 0.15) is 11.3 Å². The fourth-order valence-corrected chi connectivity index (χ4v) is 2.80. The van der Waals surface area contributed by atoms with E-state index in [4.69, 9.17) is 5.73 Å². The summed E-state index contributed by atoms with van der Waals surface area (Å²) in [5, 5.41) is 6.30. The summed E-state index contributed by atoms with van der Waals surface area (Å²) in [5.74, 6) is -0.0797. The predicted molar refractivity (Wildman–Crippen MR) is 96.2 cm³/mol. The Hall–Kier alpha value is -3.29. The molecule has 0 spiro atoms. The minimum absolute atomic E-state index is 0.0797. The Morgan fingerprint density at radius 1 is 1.07 bits per heavy atom. The number of aromatic nitrogens is 2. The Bertz CT molecular complexity index is 919. The molecule has 3 rings (SSSR count). The van der Waals surface area contributed by atoms with Crippen molar-refractivity contribution in [3.8, 4) is 16.8 Å². The Kier molecular flexibility index (Phi) is 5.16. The molecular formula is C19H17F3N4O. The van der Waals surface area contributed by atoms with Gasteiger partial charge in [0.1, 0.15) is 5.82 Å². The minimum Gasteiger partial charge on any atom is -0.383 e. The van der Waals surface area contributed by atoms with Crippen molar-refractivity contribution >= 4 is 12.2 Å². The van der Waals surface area contributed by atoms with E-state index in [1.54, 1.807) is 54.6 Å². The van der Waals surface area contributed by atoms with Crippen molar-refractivity contribution in [3.63, 3.8) is 0 Å². The normalized spacial score (nSPS) is 11.4. The van der Waals surface area contributed by atoms with Crippen molar-refractivity contribution < 1.29 is 18.0 Å². The molecule has 0 fully saturated rings. The molecule has 0 bridgehead atoms. The molecule has 1 aromatic heterocycles. The fraction of sp³-hybridized carbons (Fsp3) is 0.158. The Balaban J connectivity index is 2.02. The van der Waals surface area contributed by atoms with Crippen molar-refractivity contribution in [2.45, 2.75) is 12.6 Å². The molecule has 0 saturated carbocycles. The van der Waals surface area contributed by atoms with E-state index in [2.05, 4.69) is 10.4 Å². The molecule has 2 aromatic carbocycles. The van der Waals surface area contributed by atoms with Crippen LogP contribution < -0.4 is 11.1 Å². The smallest absolute Gasteiger partial charge is 0.383 e. The van der Waals surface area contributed by atoms with Crippen molar-refractivity contribution in [2.75, 3.05) is 12.3 Å². The number of nitrogens with one attached hydrogen (secondary N) is 1. The molecule has 0 aliphatic rings. The van der Waals surface area contributed by atoms with Gasteiger partial charge in [-0.25, -0.2) is 4.68 Å². The zero-order valence-electron chi connectivity index (χ0n) is 14.2. The van der Waals surface area contributed by atoms with Crippen LogP contribution in [0.5, 0.6) is 0 Å². The van der Waals surface area contributed by atoms with Crippen LogP contribution in [0.25, 0.3) is 16.8 Å². The Labute approximate surface area is 153 Å². The molecular weight excluding hydrogens is 357 g/mol. The van der Waals surface area contributed by atoms with E-state index in [0.717, 1.165) is 10.2 Å². The van der Waals surface area contributed by atoms with Crippen LogP contribution >= 0.6 is 0 Å². The molecule has 8 heteroatoms. The molecule has 0 radical (unpaired) electrons. The van der Waals surface area contributed by atoms with Crippen LogP contribution in [-0.2, 0) is 17.4 Å². The van der Waals surface area contributed by atoms with Crippen LogP contribution in [0, 0.1) is 0 Å². The molecule has 140 valence electrons. The number of amides is 1. The third-order valence-corrected chi connectivity index (χ3v) is 4.07. The quantitative estimate of drug-likeness (QED) is 0.513. The topological polar surface area (TPSA) is 72.9 Å². The first-order valence-corrected chi connectivity index (χ1v) is 8.19. The van der Waals surface area contributed by atoms with E-state index < -0.39 is 11.9 Å². The lowest BCUT2D eigenvalue weighted by atomic mass is 10.1. The molecule has 3 N–H and O–H groups in total. The molecule has 0 atom stereocenters. The summed E-state index contributed by atoms with van der Waals surface area (Å²) in [6, 6.07) is 15.0. The van der Waals surface area contributed by atoms with Gasteiger partial charge >= 0.3 is 6.18 Å². The monoisotopic (exact) mass is 374 g/mol. The average Bonchev–Trinajstić information content (AvgIpc) is 3.01. The summed E-state index contributed by atoms with van der Waals surface area (Å²) in [6.45, 7) is 0.475. The van der Waals surface area contributed by atoms with Crippen molar-refractivity contribution in [2.24, 2.45) is 0 Å². The maximum atomic E-state index is 13.5. The Morgan fingerprint density at radius 2 is 1.74 bits per heavy atom. The molecule has 1 amide bonds. The van der Waals surface area contributed by atoms with Crippen LogP contribution in [-0.4, -0.2) is 22.7 Å². The van der Waals surface area contributed by atoms with E-state index in [1.165, 1.54) is 0 Å². The fourth-order valence-electron chi connectivity index (χ4n) is 2.80. The number of nitrogens with two attached hydrogens (primary N) is 1. The highest BCUT2D eigenvalue weighted by molar-refractivity contribution is 5.78. The highest BCUT2D eigenvalue weighted by Gasteiger charge is 2.39. The van der Waals surface area contributed by atoms with Crippen LogP contribution in [0.3, 0.4) is 0 Å². The zero-order chi connectivity index (χ0) is 19.4. The Morgan fingerprint density at radius 3 is 2.33 bits per heavy atom. The highest BCUT2D eigenvalue weighted by atomic mass is 19.4. The molecule has 0 unspecified atom stereocenters. The zero-order valence-corrected chi connectivity index (χ0v) is 14.2. The maximum absolute atomic E-state index is 13.5. The third-order valence-electron chi connectivity index (χ3n) is 4.07. The van der Waals surface area contributed by atoms with E-state index in [1.807, 2.05) is 0 Å². The van der Waals surface area contributed by atoms with Crippen LogP contribution in [0.2, 0.25) is 0 Å². The SMILES string of the molecule is Nc1c(-c2ccccc2)c(C(F)(F)F)nn1-c1ccc(CCNC=O)cc1. The van der Waals surface area contributed by atoms with E-state index in [-0.39, 0.29) is 11.4 Å². The number of hydrogen-bond donors (Lipinski definition) is 2. The number of nitrogens with zero attached hydrogens (tertiary/aromatic N) is 2. The second-order valence-electron chi connectivity index (χ2n) is 5.87. The number of halogens is 3. The summed E-state index contributed by atoms with van der Waals surface area (Å²) in [5.41, 5.74) is 6.60. The van der Waals surface area contributed by atoms with Crippen molar-refractivity contribution in [1.29, 1.82) is 0 Å². The summed E-state index contributed by atoms with van der Waals surface area (Å²) in [6.07, 6.45) is -3.41. The highest BCUT2D eigenvalue weighted by Crippen LogP contribution is 2.40. The van der Waals surface area contributed by atoms with Crippen LogP contribution in [0.4, 0.5) is 19.0 Å². The first-order valence-electron chi connectivity index (χ1n) is 8.19. The van der Waals surface area contributed by atoms with E-state index in [0.29, 0.717) is 30.6 Å². The predicted octanol–water partition coefficient (Wildman–Crippen LogP) is 3.43. The summed E-state index contributed by atoms with van der Waals surface area (Å²) >= 11 is 0. The summed E-state index contributed by atoms with van der Waals surface area (Å²) in [7, 11) is 0. The van der Waals surface area contributed by atoms with Gasteiger partial charge in [-0.3, -0.25) is 4.79 Å². The largest absolute Gasteiger partial charge is 0.435 e. The number of benzene rings is 2. The maximum Gasteiger partial charge on any atom is 0.435 e.